The maximum Gasteiger partial charge on any atom is 0.412 e. The van der Waals surface area contributed by atoms with Crippen LogP contribution in [0.1, 0.15) is 33.6 Å². The third kappa shape index (κ3) is 4.43. The largest absolute Gasteiger partial charge is 0.444 e. The Bertz CT molecular complexity index is 479. The molecule has 0 aromatic heterocycles. The molecule has 104 valence electrons. The molecule has 0 unspecified atom stereocenters. The molecular weight excluding hydrogens is 247 g/mol. The van der Waals surface area contributed by atoms with Crippen LogP contribution in [0.5, 0.6) is 0 Å². The van der Waals surface area contributed by atoms with Crippen LogP contribution in [0.2, 0.25) is 0 Å². The first-order valence-electron chi connectivity index (χ1n) is 6.39. The fraction of sp³-hybridized carbons (Fsp3) is 0.500. The molecule has 1 amide bonds. The summed E-state index contributed by atoms with van der Waals surface area (Å²) in [7, 11) is 0. The molecule has 0 aliphatic heterocycles. The van der Waals surface area contributed by atoms with Crippen molar-refractivity contribution < 1.29 is 13.9 Å². The molecule has 2 N–H and O–H groups in total. The van der Waals surface area contributed by atoms with Gasteiger partial charge in [-0.05, 0) is 51.8 Å². The van der Waals surface area contributed by atoms with E-state index < -0.39 is 11.7 Å². The van der Waals surface area contributed by atoms with E-state index >= 15 is 0 Å². The lowest BCUT2D eigenvalue weighted by molar-refractivity contribution is 0.0636. The molecule has 0 radical (unpaired) electrons. The van der Waals surface area contributed by atoms with Gasteiger partial charge < -0.3 is 10.1 Å². The first kappa shape index (κ1) is 13.6. The average molecular weight is 266 g/mol. The lowest BCUT2D eigenvalue weighted by Crippen LogP contribution is -2.27. The second-order valence-electron chi connectivity index (χ2n) is 5.74. The van der Waals surface area contributed by atoms with E-state index in [1.54, 1.807) is 20.8 Å². The quantitative estimate of drug-likeness (QED) is 0.876. The fourth-order valence-electron chi connectivity index (χ4n) is 1.61. The highest BCUT2D eigenvalue weighted by Crippen LogP contribution is 2.30. The number of carbonyl (C=O) groups excluding carboxylic acids is 1. The van der Waals surface area contributed by atoms with Crippen LogP contribution in [-0.4, -0.2) is 17.7 Å². The highest BCUT2D eigenvalue weighted by Gasteiger charge is 2.23. The summed E-state index contributed by atoms with van der Waals surface area (Å²) in [6, 6.07) is 4.60. The molecular formula is C14H19FN2O2. The van der Waals surface area contributed by atoms with Crippen molar-refractivity contribution in [2.24, 2.45) is 0 Å². The van der Waals surface area contributed by atoms with Gasteiger partial charge in [0.05, 0.1) is 11.4 Å². The Morgan fingerprint density at radius 1 is 1.32 bits per heavy atom. The molecule has 2 rings (SSSR count). The average Bonchev–Trinajstić information content (AvgIpc) is 3.03. The summed E-state index contributed by atoms with van der Waals surface area (Å²) >= 11 is 0. The SMILES string of the molecule is CC(C)(C)OC(=O)Nc1ccc(F)cc1NC1CC1. The number of hydrogen-bond acceptors (Lipinski definition) is 3. The van der Waals surface area contributed by atoms with Crippen LogP contribution in [0.3, 0.4) is 0 Å². The molecule has 0 heterocycles. The maximum atomic E-state index is 13.2. The van der Waals surface area contributed by atoms with Gasteiger partial charge in [0.25, 0.3) is 0 Å². The van der Waals surface area contributed by atoms with Crippen LogP contribution in [0, 0.1) is 5.82 Å². The number of benzene rings is 1. The van der Waals surface area contributed by atoms with Crippen LogP contribution in [0.25, 0.3) is 0 Å². The lowest BCUT2D eigenvalue weighted by atomic mass is 10.2. The summed E-state index contributed by atoms with van der Waals surface area (Å²) in [5, 5.41) is 5.82. The zero-order valence-corrected chi connectivity index (χ0v) is 11.4. The fourth-order valence-corrected chi connectivity index (χ4v) is 1.61. The standard InChI is InChI=1S/C14H19FN2O2/c1-14(2,3)19-13(18)17-11-7-4-9(15)8-12(11)16-10-5-6-10/h4,7-8,10,16H,5-6H2,1-3H3,(H,17,18). The molecule has 0 atom stereocenters. The number of hydrogen-bond donors (Lipinski definition) is 2. The van der Waals surface area contributed by atoms with E-state index in [-0.39, 0.29) is 5.82 Å². The third-order valence-electron chi connectivity index (χ3n) is 2.55. The number of ether oxygens (including phenoxy) is 1. The molecule has 5 heteroatoms. The smallest absolute Gasteiger partial charge is 0.412 e. The van der Waals surface area contributed by atoms with Crippen molar-refractivity contribution >= 4 is 17.5 Å². The van der Waals surface area contributed by atoms with Crippen molar-refractivity contribution in [2.75, 3.05) is 10.6 Å². The Morgan fingerprint density at radius 3 is 2.58 bits per heavy atom. The van der Waals surface area contributed by atoms with Gasteiger partial charge in [-0.15, -0.1) is 0 Å². The van der Waals surface area contributed by atoms with Gasteiger partial charge in [-0.2, -0.15) is 0 Å². The van der Waals surface area contributed by atoms with Gasteiger partial charge in [0, 0.05) is 6.04 Å². The van der Waals surface area contributed by atoms with Crippen molar-refractivity contribution in [1.82, 2.24) is 0 Å². The van der Waals surface area contributed by atoms with Gasteiger partial charge in [-0.25, -0.2) is 9.18 Å². The molecule has 1 aliphatic carbocycles. The molecule has 1 aromatic rings. The predicted molar refractivity (Wildman–Crippen MR) is 72.9 cm³/mol. The normalized spacial score (nSPS) is 14.9. The number of rotatable bonds is 3. The molecule has 19 heavy (non-hydrogen) atoms. The monoisotopic (exact) mass is 266 g/mol. The van der Waals surface area contributed by atoms with Crippen LogP contribution in [0.15, 0.2) is 18.2 Å². The van der Waals surface area contributed by atoms with Crippen molar-refractivity contribution in [2.45, 2.75) is 45.3 Å². The van der Waals surface area contributed by atoms with E-state index in [4.69, 9.17) is 4.74 Å². The van der Waals surface area contributed by atoms with E-state index in [0.29, 0.717) is 17.4 Å². The van der Waals surface area contributed by atoms with Gasteiger partial charge >= 0.3 is 6.09 Å². The molecule has 1 aliphatic rings. The number of amides is 1. The van der Waals surface area contributed by atoms with E-state index in [9.17, 15) is 9.18 Å². The van der Waals surface area contributed by atoms with Crippen LogP contribution >= 0.6 is 0 Å². The molecule has 4 nitrogen and oxygen atoms in total. The Labute approximate surface area is 112 Å². The molecule has 0 saturated heterocycles. The number of anilines is 2. The Balaban J connectivity index is 2.07. The zero-order chi connectivity index (χ0) is 14.0. The molecule has 1 aromatic carbocycles. The Hall–Kier alpha value is -1.78. The van der Waals surface area contributed by atoms with Crippen molar-refractivity contribution in [3.8, 4) is 0 Å². The zero-order valence-electron chi connectivity index (χ0n) is 11.4. The predicted octanol–water partition coefficient (Wildman–Crippen LogP) is 3.75. The Morgan fingerprint density at radius 2 is 2.00 bits per heavy atom. The summed E-state index contributed by atoms with van der Waals surface area (Å²) in [5.41, 5.74) is 0.560. The maximum absolute atomic E-state index is 13.2. The second kappa shape index (κ2) is 5.07. The third-order valence-corrected chi connectivity index (χ3v) is 2.55. The van der Waals surface area contributed by atoms with Crippen LogP contribution < -0.4 is 10.6 Å². The van der Waals surface area contributed by atoms with Gasteiger partial charge in [-0.1, -0.05) is 0 Å². The number of halogens is 1. The van der Waals surface area contributed by atoms with E-state index in [0.717, 1.165) is 12.8 Å². The molecule has 1 fully saturated rings. The van der Waals surface area contributed by atoms with Crippen LogP contribution in [-0.2, 0) is 4.74 Å². The first-order valence-corrected chi connectivity index (χ1v) is 6.39. The summed E-state index contributed by atoms with van der Waals surface area (Å²) < 4.78 is 18.4. The number of nitrogens with one attached hydrogen (secondary N) is 2. The Kier molecular flexibility index (Phi) is 3.64. The summed E-state index contributed by atoms with van der Waals surface area (Å²) in [6.45, 7) is 5.38. The second-order valence-corrected chi connectivity index (χ2v) is 5.74. The highest BCUT2D eigenvalue weighted by atomic mass is 19.1. The minimum Gasteiger partial charge on any atom is -0.444 e. The van der Waals surface area contributed by atoms with Gasteiger partial charge in [-0.3, -0.25) is 5.32 Å². The number of carbonyl (C=O) groups is 1. The molecule has 0 spiro atoms. The lowest BCUT2D eigenvalue weighted by Gasteiger charge is -2.20. The minimum atomic E-state index is -0.561. The van der Waals surface area contributed by atoms with Crippen molar-refractivity contribution in [1.29, 1.82) is 0 Å². The van der Waals surface area contributed by atoms with Crippen LogP contribution in [0.4, 0.5) is 20.6 Å². The van der Waals surface area contributed by atoms with Gasteiger partial charge in [0.15, 0.2) is 0 Å². The molecule has 0 bridgehead atoms. The summed E-state index contributed by atoms with van der Waals surface area (Å²) in [4.78, 5) is 11.7. The van der Waals surface area contributed by atoms with Gasteiger partial charge in [0.1, 0.15) is 11.4 Å². The van der Waals surface area contributed by atoms with Crippen molar-refractivity contribution in [3.63, 3.8) is 0 Å². The molecule has 1 saturated carbocycles. The topological polar surface area (TPSA) is 50.4 Å². The van der Waals surface area contributed by atoms with E-state index in [1.807, 2.05) is 0 Å². The van der Waals surface area contributed by atoms with Crippen molar-refractivity contribution in [3.05, 3.63) is 24.0 Å². The first-order chi connectivity index (χ1) is 8.83. The van der Waals surface area contributed by atoms with E-state index in [2.05, 4.69) is 10.6 Å². The minimum absolute atomic E-state index is 0.335. The summed E-state index contributed by atoms with van der Waals surface area (Å²) in [5.74, 6) is -0.335. The summed E-state index contributed by atoms with van der Waals surface area (Å²) in [6.07, 6.45) is 1.60. The van der Waals surface area contributed by atoms with Gasteiger partial charge in [0.2, 0.25) is 0 Å². The highest BCUT2D eigenvalue weighted by molar-refractivity contribution is 5.89. The van der Waals surface area contributed by atoms with E-state index in [1.165, 1.54) is 18.2 Å².